The summed E-state index contributed by atoms with van der Waals surface area (Å²) in [4.78, 5) is 24.1. The molecule has 0 spiro atoms. The molecule has 1 atom stereocenters. The van der Waals surface area contributed by atoms with Crippen molar-refractivity contribution in [3.8, 4) is 0 Å². The van der Waals surface area contributed by atoms with Gasteiger partial charge in [0.05, 0.1) is 24.2 Å². The normalized spacial score (nSPS) is 19.2. The molecule has 0 unspecified atom stereocenters. The van der Waals surface area contributed by atoms with E-state index in [0.717, 1.165) is 0 Å². The van der Waals surface area contributed by atoms with Gasteiger partial charge in [0, 0.05) is 25.7 Å². The number of carboxylic acid groups (broad SMARTS) is 1. The Hall–Kier alpha value is -2.06. The summed E-state index contributed by atoms with van der Waals surface area (Å²) in [6.45, 7) is 0.664. The van der Waals surface area contributed by atoms with E-state index in [1.165, 1.54) is 22.0 Å². The number of carboxylic acids is 1. The van der Waals surface area contributed by atoms with Crippen LogP contribution >= 0.6 is 0 Å². The lowest BCUT2D eigenvalue weighted by Gasteiger charge is -2.33. The van der Waals surface area contributed by atoms with Gasteiger partial charge in [0.25, 0.3) is 0 Å². The van der Waals surface area contributed by atoms with Crippen LogP contribution in [-0.4, -0.2) is 50.9 Å². The predicted molar refractivity (Wildman–Crippen MR) is 69.3 cm³/mol. The van der Waals surface area contributed by atoms with Gasteiger partial charge in [-0.25, -0.2) is 4.79 Å². The van der Waals surface area contributed by atoms with Crippen LogP contribution in [0.4, 0.5) is 13.2 Å². The van der Waals surface area contributed by atoms with Crippen molar-refractivity contribution in [1.82, 2.24) is 14.7 Å². The first-order valence-electron chi connectivity index (χ1n) is 6.88. The first-order valence-corrected chi connectivity index (χ1v) is 6.88. The Morgan fingerprint density at radius 1 is 1.41 bits per heavy atom. The van der Waals surface area contributed by atoms with Crippen molar-refractivity contribution in [3.05, 3.63) is 18.0 Å². The fourth-order valence-electron chi connectivity index (χ4n) is 2.45. The van der Waals surface area contributed by atoms with Gasteiger partial charge in [-0.1, -0.05) is 0 Å². The molecule has 1 aliphatic rings. The highest BCUT2D eigenvalue weighted by atomic mass is 19.4. The van der Waals surface area contributed by atoms with Crippen LogP contribution in [0.5, 0.6) is 0 Å². The second-order valence-electron chi connectivity index (χ2n) is 5.27. The molecule has 22 heavy (non-hydrogen) atoms. The van der Waals surface area contributed by atoms with Gasteiger partial charge < -0.3 is 10.0 Å². The first-order chi connectivity index (χ1) is 10.3. The van der Waals surface area contributed by atoms with Crippen molar-refractivity contribution < 1.29 is 27.9 Å². The van der Waals surface area contributed by atoms with E-state index in [-0.39, 0.29) is 18.2 Å². The van der Waals surface area contributed by atoms with Crippen LogP contribution in [0.3, 0.4) is 0 Å². The molecule has 1 saturated heterocycles. The number of rotatable bonds is 4. The molecule has 122 valence electrons. The van der Waals surface area contributed by atoms with E-state index in [9.17, 15) is 22.8 Å². The van der Waals surface area contributed by atoms with Crippen molar-refractivity contribution in [2.75, 3.05) is 13.1 Å². The van der Waals surface area contributed by atoms with E-state index in [1.54, 1.807) is 0 Å². The molecule has 0 aliphatic carbocycles. The molecule has 1 N–H and O–H groups in total. The highest BCUT2D eigenvalue weighted by Gasteiger charge is 2.31. The van der Waals surface area contributed by atoms with Gasteiger partial charge in [-0.3, -0.25) is 9.48 Å². The smallest absolute Gasteiger partial charge is 0.389 e. The second-order valence-corrected chi connectivity index (χ2v) is 5.27. The summed E-state index contributed by atoms with van der Waals surface area (Å²) in [5.41, 5.74) is 0.0421. The van der Waals surface area contributed by atoms with E-state index in [4.69, 9.17) is 5.11 Å². The summed E-state index contributed by atoms with van der Waals surface area (Å²) in [6, 6.07) is -0.211. The number of halogens is 3. The van der Waals surface area contributed by atoms with E-state index >= 15 is 0 Å². The summed E-state index contributed by atoms with van der Waals surface area (Å²) in [5.74, 6) is -1.63. The van der Waals surface area contributed by atoms with Crippen LogP contribution in [0, 0.1) is 0 Å². The minimum Gasteiger partial charge on any atom is -0.478 e. The lowest BCUT2D eigenvalue weighted by molar-refractivity contribution is -0.150. The predicted octanol–water partition coefficient (Wildman–Crippen LogP) is 2.09. The summed E-state index contributed by atoms with van der Waals surface area (Å²) in [7, 11) is 0. The van der Waals surface area contributed by atoms with Crippen molar-refractivity contribution in [3.63, 3.8) is 0 Å². The third-order valence-corrected chi connectivity index (χ3v) is 3.59. The van der Waals surface area contributed by atoms with Crippen molar-refractivity contribution in [1.29, 1.82) is 0 Å². The van der Waals surface area contributed by atoms with Gasteiger partial charge in [-0.15, -0.1) is 0 Å². The zero-order valence-electron chi connectivity index (χ0n) is 11.7. The van der Waals surface area contributed by atoms with E-state index in [2.05, 4.69) is 5.10 Å². The minimum absolute atomic E-state index is 0.0421. The average molecular weight is 319 g/mol. The maximum Gasteiger partial charge on any atom is 0.389 e. The minimum atomic E-state index is -4.34. The number of carbonyl (C=O) groups excluding carboxylic acids is 1. The Labute approximate surface area is 124 Å². The Kier molecular flexibility index (Phi) is 4.72. The van der Waals surface area contributed by atoms with Gasteiger partial charge >= 0.3 is 12.1 Å². The van der Waals surface area contributed by atoms with Crippen molar-refractivity contribution in [2.45, 2.75) is 37.9 Å². The molecule has 0 saturated carbocycles. The second kappa shape index (κ2) is 6.37. The van der Waals surface area contributed by atoms with E-state index in [0.29, 0.717) is 19.4 Å². The zero-order valence-corrected chi connectivity index (χ0v) is 11.7. The van der Waals surface area contributed by atoms with Crippen LogP contribution in [0.1, 0.15) is 42.1 Å². The number of aromatic nitrogens is 2. The number of aromatic carboxylic acids is 1. The molecule has 2 heterocycles. The van der Waals surface area contributed by atoms with Gasteiger partial charge in [0.1, 0.15) is 0 Å². The van der Waals surface area contributed by atoms with Crippen LogP contribution in [0.25, 0.3) is 0 Å². The van der Waals surface area contributed by atoms with Gasteiger partial charge in [0.2, 0.25) is 5.91 Å². The maximum atomic E-state index is 12.2. The molecule has 0 bridgehead atoms. The number of alkyl halides is 3. The maximum absolute atomic E-state index is 12.2. The Morgan fingerprint density at radius 3 is 2.73 bits per heavy atom. The summed E-state index contributed by atoms with van der Waals surface area (Å²) >= 11 is 0. The van der Waals surface area contributed by atoms with Crippen LogP contribution in [0.15, 0.2) is 12.4 Å². The largest absolute Gasteiger partial charge is 0.478 e. The summed E-state index contributed by atoms with van der Waals surface area (Å²) in [6.07, 6.45) is -2.10. The Balaban J connectivity index is 1.96. The lowest BCUT2D eigenvalue weighted by Crippen LogP contribution is -2.41. The van der Waals surface area contributed by atoms with Gasteiger partial charge in [0.15, 0.2) is 0 Å². The first kappa shape index (κ1) is 16.3. The Bertz CT molecular complexity index is 556. The molecule has 1 aromatic heterocycles. The molecule has 0 radical (unpaired) electrons. The topological polar surface area (TPSA) is 75.4 Å². The third-order valence-electron chi connectivity index (χ3n) is 3.59. The number of piperidine rings is 1. The van der Waals surface area contributed by atoms with E-state index in [1.807, 2.05) is 0 Å². The molecule has 6 nitrogen and oxygen atoms in total. The Morgan fingerprint density at radius 2 is 2.14 bits per heavy atom. The van der Waals surface area contributed by atoms with Crippen molar-refractivity contribution in [2.24, 2.45) is 0 Å². The fourth-order valence-corrected chi connectivity index (χ4v) is 2.45. The lowest BCUT2D eigenvalue weighted by atomic mass is 10.1. The van der Waals surface area contributed by atoms with Crippen LogP contribution in [-0.2, 0) is 4.79 Å². The number of amides is 1. The standard InChI is InChI=1S/C13H16F3N3O3/c14-13(15,16)4-3-11(20)18-5-1-2-10(8-18)19-7-9(6-17-19)12(21)22/h6-7,10H,1-5,8H2,(H,21,22)/t10-/m1/s1. The van der Waals surface area contributed by atoms with Gasteiger partial charge in [-0.2, -0.15) is 18.3 Å². The monoisotopic (exact) mass is 319 g/mol. The number of carbonyl (C=O) groups is 2. The summed E-state index contributed by atoms with van der Waals surface area (Å²) < 4.78 is 38.0. The fraction of sp³-hybridized carbons (Fsp3) is 0.615. The molecule has 1 amide bonds. The molecular formula is C13H16F3N3O3. The number of likely N-dealkylation sites (tertiary alicyclic amines) is 1. The van der Waals surface area contributed by atoms with Crippen molar-refractivity contribution >= 4 is 11.9 Å². The molecular weight excluding hydrogens is 303 g/mol. The number of hydrogen-bond acceptors (Lipinski definition) is 3. The number of nitrogens with zero attached hydrogens (tertiary/aromatic N) is 3. The highest BCUT2D eigenvalue weighted by Crippen LogP contribution is 2.25. The average Bonchev–Trinajstić information content (AvgIpc) is 2.94. The van der Waals surface area contributed by atoms with E-state index < -0.39 is 30.9 Å². The third kappa shape index (κ3) is 4.22. The van der Waals surface area contributed by atoms with Gasteiger partial charge in [-0.05, 0) is 12.8 Å². The molecule has 9 heteroatoms. The SMILES string of the molecule is O=C(O)c1cnn([C@@H]2CCCN(C(=O)CCC(F)(F)F)C2)c1. The molecule has 2 rings (SSSR count). The molecule has 1 aliphatic heterocycles. The molecule has 1 aromatic rings. The molecule has 1 fully saturated rings. The zero-order chi connectivity index (χ0) is 16.3. The van der Waals surface area contributed by atoms with Crippen LogP contribution in [0.2, 0.25) is 0 Å². The van der Waals surface area contributed by atoms with Crippen LogP contribution < -0.4 is 0 Å². The summed E-state index contributed by atoms with van der Waals surface area (Å²) in [5, 5.41) is 12.8. The highest BCUT2D eigenvalue weighted by molar-refractivity contribution is 5.86. The molecule has 0 aromatic carbocycles. The quantitative estimate of drug-likeness (QED) is 0.922. The number of hydrogen-bond donors (Lipinski definition) is 1.